The smallest absolute Gasteiger partial charge is 0.274 e. The second kappa shape index (κ2) is 10.7. The third kappa shape index (κ3) is 6.49. The van der Waals surface area contributed by atoms with Crippen LogP contribution in [0.2, 0.25) is 0 Å². The lowest BCUT2D eigenvalue weighted by Gasteiger charge is -2.22. The van der Waals surface area contributed by atoms with E-state index in [4.69, 9.17) is 0 Å². The largest absolute Gasteiger partial charge is 0.350 e. The maximum atomic E-state index is 12.8. The number of rotatable bonds is 9. The molecule has 2 amide bonds. The van der Waals surface area contributed by atoms with Crippen LogP contribution in [0, 0.1) is 0 Å². The zero-order chi connectivity index (χ0) is 20.3. The summed E-state index contributed by atoms with van der Waals surface area (Å²) in [7, 11) is 0. The van der Waals surface area contributed by atoms with Crippen molar-refractivity contribution in [3.63, 3.8) is 0 Å². The molecule has 3 aromatic rings. The van der Waals surface area contributed by atoms with E-state index < -0.39 is 0 Å². The molecule has 0 bridgehead atoms. The van der Waals surface area contributed by atoms with Gasteiger partial charge in [-0.1, -0.05) is 36.4 Å². The minimum Gasteiger partial charge on any atom is -0.350 e. The first-order valence-electron chi connectivity index (χ1n) is 9.48. The lowest BCUT2D eigenvalue weighted by molar-refractivity contribution is -0.121. The van der Waals surface area contributed by atoms with Gasteiger partial charge in [0.25, 0.3) is 5.91 Å². The number of amides is 2. The molecule has 2 heterocycles. The summed E-state index contributed by atoms with van der Waals surface area (Å²) < 4.78 is 0. The molecule has 0 saturated heterocycles. The molecule has 7 nitrogen and oxygen atoms in total. The van der Waals surface area contributed by atoms with Crippen LogP contribution in [0.1, 0.15) is 28.2 Å². The molecule has 1 N–H and O–H groups in total. The van der Waals surface area contributed by atoms with E-state index in [1.807, 2.05) is 48.5 Å². The van der Waals surface area contributed by atoms with Gasteiger partial charge in [-0.3, -0.25) is 19.6 Å². The summed E-state index contributed by atoms with van der Waals surface area (Å²) in [6.07, 6.45) is 7.04. The second-order valence-corrected chi connectivity index (χ2v) is 6.47. The van der Waals surface area contributed by atoms with Crippen LogP contribution in [0.3, 0.4) is 0 Å². The van der Waals surface area contributed by atoms with Gasteiger partial charge in [-0.05, 0) is 24.1 Å². The first-order valence-corrected chi connectivity index (χ1v) is 9.48. The maximum absolute atomic E-state index is 12.8. The Labute approximate surface area is 169 Å². The molecule has 148 valence electrons. The van der Waals surface area contributed by atoms with E-state index in [1.54, 1.807) is 11.1 Å². The van der Waals surface area contributed by atoms with Gasteiger partial charge in [0.2, 0.25) is 5.91 Å². The first kappa shape index (κ1) is 20.1. The number of pyridine rings is 1. The summed E-state index contributed by atoms with van der Waals surface area (Å²) in [5.41, 5.74) is 2.19. The van der Waals surface area contributed by atoms with Crippen molar-refractivity contribution in [2.75, 3.05) is 13.1 Å². The van der Waals surface area contributed by atoms with E-state index in [-0.39, 0.29) is 23.9 Å². The van der Waals surface area contributed by atoms with Gasteiger partial charge >= 0.3 is 0 Å². The molecule has 0 unspecified atom stereocenters. The third-order valence-corrected chi connectivity index (χ3v) is 4.38. The Morgan fingerprint density at radius 3 is 2.45 bits per heavy atom. The zero-order valence-corrected chi connectivity index (χ0v) is 16.1. The number of carbonyl (C=O) groups excluding carboxylic acids is 2. The van der Waals surface area contributed by atoms with Gasteiger partial charge in [-0.25, -0.2) is 4.98 Å². The molecular formula is C22H23N5O2. The minimum absolute atomic E-state index is 0.132. The van der Waals surface area contributed by atoms with Gasteiger partial charge in [0.15, 0.2) is 0 Å². The summed E-state index contributed by atoms with van der Waals surface area (Å²) in [5.74, 6) is -0.362. The van der Waals surface area contributed by atoms with Crippen LogP contribution in [-0.2, 0) is 17.8 Å². The van der Waals surface area contributed by atoms with E-state index in [0.29, 0.717) is 26.1 Å². The Hall–Kier alpha value is -3.61. The van der Waals surface area contributed by atoms with Crippen LogP contribution < -0.4 is 5.32 Å². The Bertz CT molecular complexity index is 904. The number of hydrogen-bond acceptors (Lipinski definition) is 5. The topological polar surface area (TPSA) is 88.1 Å². The lowest BCUT2D eigenvalue weighted by atomic mass is 10.1. The van der Waals surface area contributed by atoms with E-state index in [2.05, 4.69) is 20.3 Å². The van der Waals surface area contributed by atoms with Crippen molar-refractivity contribution >= 4 is 11.8 Å². The van der Waals surface area contributed by atoms with E-state index >= 15 is 0 Å². The van der Waals surface area contributed by atoms with Crippen LogP contribution in [0.5, 0.6) is 0 Å². The fourth-order valence-electron chi connectivity index (χ4n) is 2.81. The molecule has 3 rings (SSSR count). The molecular weight excluding hydrogens is 366 g/mol. The number of carbonyl (C=O) groups is 2. The Balaban J connectivity index is 1.58. The van der Waals surface area contributed by atoms with Crippen molar-refractivity contribution in [2.24, 2.45) is 0 Å². The van der Waals surface area contributed by atoms with Crippen molar-refractivity contribution in [1.29, 1.82) is 0 Å². The van der Waals surface area contributed by atoms with Crippen LogP contribution in [0.4, 0.5) is 0 Å². The fourth-order valence-corrected chi connectivity index (χ4v) is 2.81. The predicted octanol–water partition coefficient (Wildman–Crippen LogP) is 2.26. The molecule has 2 aromatic heterocycles. The summed E-state index contributed by atoms with van der Waals surface area (Å²) >= 11 is 0. The van der Waals surface area contributed by atoms with Crippen LogP contribution in [0.25, 0.3) is 0 Å². The first-order chi connectivity index (χ1) is 14.2. The highest BCUT2D eigenvalue weighted by Gasteiger charge is 2.18. The molecule has 0 aliphatic rings. The van der Waals surface area contributed by atoms with Gasteiger partial charge in [-0.15, -0.1) is 0 Å². The fraction of sp³-hybridized carbons (Fsp3) is 0.227. The molecule has 7 heteroatoms. The van der Waals surface area contributed by atoms with Gasteiger partial charge < -0.3 is 10.2 Å². The van der Waals surface area contributed by atoms with Crippen molar-refractivity contribution in [3.8, 4) is 0 Å². The van der Waals surface area contributed by atoms with E-state index in [1.165, 1.54) is 18.6 Å². The van der Waals surface area contributed by atoms with Crippen LogP contribution in [-0.4, -0.2) is 44.8 Å². The highest BCUT2D eigenvalue weighted by Crippen LogP contribution is 2.06. The van der Waals surface area contributed by atoms with Gasteiger partial charge in [0.05, 0.1) is 18.4 Å². The average Bonchev–Trinajstić information content (AvgIpc) is 2.79. The molecule has 0 saturated carbocycles. The van der Waals surface area contributed by atoms with Crippen LogP contribution >= 0.6 is 0 Å². The van der Waals surface area contributed by atoms with Crippen molar-refractivity contribution in [2.45, 2.75) is 19.4 Å². The number of hydrogen-bond donors (Lipinski definition) is 1. The normalized spacial score (nSPS) is 10.3. The standard InChI is InChI=1S/C22H23N5O2/c28-21(26-16-19-8-4-5-11-24-19)10-15-27(14-9-18-6-2-1-3-7-18)22(29)20-17-23-12-13-25-20/h1-8,11-13,17H,9-10,14-16H2,(H,26,28). The summed E-state index contributed by atoms with van der Waals surface area (Å²) in [5, 5.41) is 2.84. The summed E-state index contributed by atoms with van der Waals surface area (Å²) in [4.78, 5) is 39.0. The average molecular weight is 389 g/mol. The molecule has 0 fully saturated rings. The Morgan fingerprint density at radius 2 is 1.72 bits per heavy atom. The zero-order valence-electron chi connectivity index (χ0n) is 16.1. The Morgan fingerprint density at radius 1 is 0.897 bits per heavy atom. The number of benzene rings is 1. The molecule has 0 aliphatic heterocycles. The third-order valence-electron chi connectivity index (χ3n) is 4.38. The summed E-state index contributed by atoms with van der Waals surface area (Å²) in [6, 6.07) is 15.5. The van der Waals surface area contributed by atoms with Crippen molar-refractivity contribution in [3.05, 3.63) is 90.3 Å². The van der Waals surface area contributed by atoms with Crippen molar-refractivity contribution < 1.29 is 9.59 Å². The quantitative estimate of drug-likeness (QED) is 0.606. The number of aromatic nitrogens is 3. The van der Waals surface area contributed by atoms with Gasteiger partial charge in [0.1, 0.15) is 5.69 Å². The minimum atomic E-state index is -0.230. The number of nitrogens with zero attached hydrogens (tertiary/aromatic N) is 4. The molecule has 1 aromatic carbocycles. The van der Waals surface area contributed by atoms with Crippen LogP contribution in [0.15, 0.2) is 73.3 Å². The molecule has 0 spiro atoms. The molecule has 0 aliphatic carbocycles. The molecule has 0 radical (unpaired) electrons. The SMILES string of the molecule is O=C(CCN(CCc1ccccc1)C(=O)c1cnccn1)NCc1ccccn1. The van der Waals surface area contributed by atoms with E-state index in [9.17, 15) is 9.59 Å². The maximum Gasteiger partial charge on any atom is 0.274 e. The molecule has 0 atom stereocenters. The summed E-state index contributed by atoms with van der Waals surface area (Å²) in [6.45, 7) is 1.16. The highest BCUT2D eigenvalue weighted by molar-refractivity contribution is 5.92. The Kier molecular flexibility index (Phi) is 7.40. The van der Waals surface area contributed by atoms with Crippen molar-refractivity contribution in [1.82, 2.24) is 25.2 Å². The van der Waals surface area contributed by atoms with Gasteiger partial charge in [0, 0.05) is 38.1 Å². The predicted molar refractivity (Wildman–Crippen MR) is 109 cm³/mol. The lowest BCUT2D eigenvalue weighted by Crippen LogP contribution is -2.37. The van der Waals surface area contributed by atoms with Gasteiger partial charge in [-0.2, -0.15) is 0 Å². The second-order valence-electron chi connectivity index (χ2n) is 6.47. The monoisotopic (exact) mass is 389 g/mol. The van der Waals surface area contributed by atoms with E-state index in [0.717, 1.165) is 11.3 Å². The molecule has 29 heavy (non-hydrogen) atoms. The highest BCUT2D eigenvalue weighted by atomic mass is 16.2. The number of nitrogens with one attached hydrogen (secondary N) is 1.